The summed E-state index contributed by atoms with van der Waals surface area (Å²) in [4.78, 5) is 23.7. The summed E-state index contributed by atoms with van der Waals surface area (Å²) >= 11 is 0. The second-order valence-corrected chi connectivity index (χ2v) is 7.68. The Morgan fingerprint density at radius 1 is 1.17 bits per heavy atom. The Labute approximate surface area is 175 Å². The van der Waals surface area contributed by atoms with E-state index in [-0.39, 0.29) is 17.4 Å². The average Bonchev–Trinajstić information content (AvgIpc) is 3.23. The number of carbonyl (C=O) groups is 2. The second-order valence-electron chi connectivity index (χ2n) is 7.68. The van der Waals surface area contributed by atoms with Crippen LogP contribution in [0, 0.1) is 18.7 Å². The lowest BCUT2D eigenvalue weighted by Crippen LogP contribution is -2.27. The predicted molar refractivity (Wildman–Crippen MR) is 113 cm³/mol. The van der Waals surface area contributed by atoms with Crippen molar-refractivity contribution < 1.29 is 23.8 Å². The van der Waals surface area contributed by atoms with Crippen molar-refractivity contribution in [1.82, 2.24) is 5.32 Å². The molecule has 1 saturated carbocycles. The first kappa shape index (κ1) is 21.6. The van der Waals surface area contributed by atoms with Gasteiger partial charge in [0, 0.05) is 6.42 Å². The molecule has 30 heavy (non-hydrogen) atoms. The molecule has 6 heteroatoms. The minimum absolute atomic E-state index is 0.158. The molecule has 0 atom stereocenters. The molecule has 0 saturated heterocycles. The first-order chi connectivity index (χ1) is 14.4. The van der Waals surface area contributed by atoms with Crippen molar-refractivity contribution in [2.75, 3.05) is 0 Å². The Kier molecular flexibility index (Phi) is 7.22. The highest BCUT2D eigenvalue weighted by Gasteiger charge is 2.17. The van der Waals surface area contributed by atoms with Crippen molar-refractivity contribution in [2.24, 2.45) is 5.92 Å². The third-order valence-electron chi connectivity index (χ3n) is 5.31. The summed E-state index contributed by atoms with van der Waals surface area (Å²) in [6.07, 6.45) is 7.29. The van der Waals surface area contributed by atoms with E-state index in [9.17, 15) is 19.1 Å². The Hall–Kier alpha value is -3.15. The van der Waals surface area contributed by atoms with Crippen LogP contribution in [-0.4, -0.2) is 17.0 Å². The zero-order valence-electron chi connectivity index (χ0n) is 17.0. The van der Waals surface area contributed by atoms with Crippen molar-refractivity contribution in [2.45, 2.75) is 45.4 Å². The third kappa shape index (κ3) is 6.17. The van der Waals surface area contributed by atoms with Gasteiger partial charge in [-0.2, -0.15) is 0 Å². The Morgan fingerprint density at radius 3 is 2.50 bits per heavy atom. The van der Waals surface area contributed by atoms with Gasteiger partial charge >= 0.3 is 5.97 Å². The summed E-state index contributed by atoms with van der Waals surface area (Å²) in [5.74, 6) is -0.134. The monoisotopic (exact) mass is 411 g/mol. The smallest absolute Gasteiger partial charge is 0.352 e. The van der Waals surface area contributed by atoms with Crippen LogP contribution in [0.2, 0.25) is 0 Å². The van der Waals surface area contributed by atoms with Gasteiger partial charge in [0.2, 0.25) is 5.91 Å². The van der Waals surface area contributed by atoms with Crippen LogP contribution >= 0.6 is 0 Å². The lowest BCUT2D eigenvalue weighted by molar-refractivity contribution is -0.134. The van der Waals surface area contributed by atoms with Crippen molar-refractivity contribution in [1.29, 1.82) is 0 Å². The Bertz CT molecular complexity index is 931. The number of benzene rings is 2. The molecule has 1 amide bonds. The molecule has 2 aromatic rings. The minimum atomic E-state index is -1.19. The lowest BCUT2D eigenvalue weighted by atomic mass is 10.0. The summed E-state index contributed by atoms with van der Waals surface area (Å²) in [5, 5.41) is 11.9. The van der Waals surface area contributed by atoms with Gasteiger partial charge in [-0.25, -0.2) is 9.18 Å². The predicted octanol–water partition coefficient (Wildman–Crippen LogP) is 5.44. The number of hydrogen-bond acceptors (Lipinski definition) is 3. The van der Waals surface area contributed by atoms with E-state index >= 15 is 0 Å². The zero-order chi connectivity index (χ0) is 21.5. The molecule has 158 valence electrons. The number of carboxylic acid groups (broad SMARTS) is 1. The maximum atomic E-state index is 13.2. The molecule has 1 aliphatic rings. The number of carboxylic acids is 1. The normalized spacial score (nSPS) is 14.5. The van der Waals surface area contributed by atoms with Crippen LogP contribution in [0.15, 0.2) is 48.2 Å². The Morgan fingerprint density at radius 2 is 1.87 bits per heavy atom. The number of ether oxygens (including phenoxy) is 1. The van der Waals surface area contributed by atoms with Gasteiger partial charge in [-0.15, -0.1) is 0 Å². The van der Waals surface area contributed by atoms with Gasteiger partial charge < -0.3 is 15.2 Å². The standard InChI is InChI=1S/C24H26FNO4/c1-16-14-19(25)9-12-22(16)30-20-10-6-18(7-11-20)15-21(24(28)29)26-23(27)13-8-17-4-2-3-5-17/h6-7,9-12,14-15,17H,2-5,8,13H2,1H3,(H,26,27)(H,28,29). The van der Waals surface area contributed by atoms with E-state index in [1.165, 1.54) is 31.1 Å². The molecule has 0 spiro atoms. The summed E-state index contributed by atoms with van der Waals surface area (Å²) < 4.78 is 18.9. The molecular weight excluding hydrogens is 385 g/mol. The fourth-order valence-corrected chi connectivity index (χ4v) is 3.65. The van der Waals surface area contributed by atoms with E-state index in [0.29, 0.717) is 35.0 Å². The molecule has 2 aromatic carbocycles. The maximum absolute atomic E-state index is 13.2. The SMILES string of the molecule is Cc1cc(F)ccc1Oc1ccc(C=C(NC(=O)CCC2CCCC2)C(=O)O)cc1. The zero-order valence-corrected chi connectivity index (χ0v) is 17.0. The van der Waals surface area contributed by atoms with Gasteiger partial charge in [-0.05, 0) is 66.8 Å². The molecule has 1 fully saturated rings. The van der Waals surface area contributed by atoms with Gasteiger partial charge in [0.1, 0.15) is 23.0 Å². The number of amides is 1. The number of carbonyl (C=O) groups excluding carboxylic acids is 1. The summed E-state index contributed by atoms with van der Waals surface area (Å²) in [6, 6.07) is 11.0. The average molecular weight is 411 g/mol. The van der Waals surface area contributed by atoms with Crippen LogP contribution in [-0.2, 0) is 9.59 Å². The van der Waals surface area contributed by atoms with Crippen molar-refractivity contribution in [3.05, 3.63) is 65.1 Å². The van der Waals surface area contributed by atoms with Gasteiger partial charge in [0.15, 0.2) is 0 Å². The number of aliphatic carboxylic acids is 1. The molecule has 0 heterocycles. The van der Waals surface area contributed by atoms with E-state index in [1.54, 1.807) is 37.3 Å². The second kappa shape index (κ2) is 10.1. The van der Waals surface area contributed by atoms with Gasteiger partial charge in [0.05, 0.1) is 0 Å². The molecule has 3 rings (SSSR count). The molecule has 0 aromatic heterocycles. The minimum Gasteiger partial charge on any atom is -0.477 e. The van der Waals surface area contributed by atoms with Crippen LogP contribution in [0.25, 0.3) is 6.08 Å². The van der Waals surface area contributed by atoms with Crippen LogP contribution in [0.3, 0.4) is 0 Å². The number of halogens is 1. The molecule has 0 aliphatic heterocycles. The van der Waals surface area contributed by atoms with Crippen LogP contribution in [0.5, 0.6) is 11.5 Å². The van der Waals surface area contributed by atoms with Crippen LogP contribution in [0.1, 0.15) is 49.7 Å². The van der Waals surface area contributed by atoms with Gasteiger partial charge in [-0.1, -0.05) is 37.8 Å². The third-order valence-corrected chi connectivity index (χ3v) is 5.31. The number of hydrogen-bond donors (Lipinski definition) is 2. The van der Waals surface area contributed by atoms with Crippen molar-refractivity contribution in [3.8, 4) is 11.5 Å². The largest absolute Gasteiger partial charge is 0.477 e. The molecule has 5 nitrogen and oxygen atoms in total. The van der Waals surface area contributed by atoms with Crippen LogP contribution in [0.4, 0.5) is 4.39 Å². The Balaban J connectivity index is 1.62. The fraction of sp³-hybridized carbons (Fsp3) is 0.333. The van der Waals surface area contributed by atoms with Crippen LogP contribution < -0.4 is 10.1 Å². The molecule has 0 radical (unpaired) electrons. The number of rotatable bonds is 8. The number of nitrogens with one attached hydrogen (secondary N) is 1. The maximum Gasteiger partial charge on any atom is 0.352 e. The van der Waals surface area contributed by atoms with Gasteiger partial charge in [0.25, 0.3) is 0 Å². The first-order valence-corrected chi connectivity index (χ1v) is 10.2. The van der Waals surface area contributed by atoms with Crippen molar-refractivity contribution in [3.63, 3.8) is 0 Å². The van der Waals surface area contributed by atoms with E-state index in [2.05, 4.69) is 5.32 Å². The molecule has 2 N–H and O–H groups in total. The van der Waals surface area contributed by atoms with E-state index < -0.39 is 5.97 Å². The highest BCUT2D eigenvalue weighted by Crippen LogP contribution is 2.28. The lowest BCUT2D eigenvalue weighted by Gasteiger charge is -2.10. The first-order valence-electron chi connectivity index (χ1n) is 10.2. The summed E-state index contributed by atoms with van der Waals surface area (Å²) in [5.41, 5.74) is 1.13. The molecular formula is C24H26FNO4. The van der Waals surface area contributed by atoms with E-state index in [1.807, 2.05) is 0 Å². The summed E-state index contributed by atoms with van der Waals surface area (Å²) in [7, 11) is 0. The van der Waals surface area contributed by atoms with Gasteiger partial charge in [-0.3, -0.25) is 4.79 Å². The highest BCUT2D eigenvalue weighted by molar-refractivity contribution is 5.96. The van der Waals surface area contributed by atoms with Crippen molar-refractivity contribution >= 4 is 18.0 Å². The molecule has 1 aliphatic carbocycles. The number of aryl methyl sites for hydroxylation is 1. The van der Waals surface area contributed by atoms with E-state index in [0.717, 1.165) is 19.3 Å². The molecule has 0 bridgehead atoms. The molecule has 0 unspecified atom stereocenters. The van der Waals surface area contributed by atoms with E-state index in [4.69, 9.17) is 4.74 Å². The highest BCUT2D eigenvalue weighted by atomic mass is 19.1. The summed E-state index contributed by atoms with van der Waals surface area (Å²) in [6.45, 7) is 1.75. The fourth-order valence-electron chi connectivity index (χ4n) is 3.65. The topological polar surface area (TPSA) is 75.6 Å². The quantitative estimate of drug-likeness (QED) is 0.567.